The zero-order chi connectivity index (χ0) is 58.9. The van der Waals surface area contributed by atoms with Crippen LogP contribution < -0.4 is 15.6 Å². The molecule has 8 atom stereocenters. The monoisotopic (exact) mass is 1170 g/mol. The summed E-state index contributed by atoms with van der Waals surface area (Å²) in [6.45, 7) is 17.8. The summed E-state index contributed by atoms with van der Waals surface area (Å²) < 4.78 is 44.7. The molecule has 0 bridgehead atoms. The largest absolute Gasteiger partial charge is 0.467 e. The number of alkyl halides is 2. The Bertz CT molecular complexity index is 3170. The van der Waals surface area contributed by atoms with E-state index in [-0.39, 0.29) is 53.3 Å². The third-order valence-corrected chi connectivity index (χ3v) is 22.0. The number of hydrogen-bond acceptors (Lipinski definition) is 11. The van der Waals surface area contributed by atoms with Gasteiger partial charge in [0.2, 0.25) is 11.8 Å². The Balaban J connectivity index is 0.829. The summed E-state index contributed by atoms with van der Waals surface area (Å²) in [5, 5.41) is 5.89. The highest BCUT2D eigenvalue weighted by Crippen LogP contribution is 2.85. The van der Waals surface area contributed by atoms with Crippen LogP contribution in [-0.4, -0.2) is 151 Å². The van der Waals surface area contributed by atoms with Crippen LogP contribution in [0.1, 0.15) is 153 Å². The smallest absolute Gasteiger partial charge is 0.293 e. The molecule has 4 aromatic rings. The fraction of sp³-hybridized carbons (Fsp3) is 0.662. The molecule has 2 aromatic heterocycles. The minimum absolute atomic E-state index is 0.0215. The van der Waals surface area contributed by atoms with Gasteiger partial charge in [0.05, 0.1) is 47.4 Å². The summed E-state index contributed by atoms with van der Waals surface area (Å²) in [4.78, 5) is 70.9. The van der Waals surface area contributed by atoms with Crippen molar-refractivity contribution in [2.45, 2.75) is 168 Å². The first-order valence-electron chi connectivity index (χ1n) is 32.6. The Hall–Kier alpha value is -5.49. The number of likely N-dealkylation sites (tertiary alicyclic amines) is 2. The number of carbonyl (C=O) groups excluding carboxylic acids is 4. The van der Waals surface area contributed by atoms with E-state index in [4.69, 9.17) is 14.5 Å². The highest BCUT2D eigenvalue weighted by molar-refractivity contribution is 5.96. The normalized spacial score (nSPS) is 27.3. The maximum Gasteiger partial charge on any atom is 0.293 e. The second-order valence-corrected chi connectivity index (χ2v) is 28.2. The Morgan fingerprint density at radius 1 is 0.906 bits per heavy atom. The number of halogens is 2. The van der Waals surface area contributed by atoms with Crippen molar-refractivity contribution in [2.75, 3.05) is 84.1 Å². The number of rotatable bonds is 21. The first-order valence-corrected chi connectivity index (χ1v) is 32.6. The van der Waals surface area contributed by atoms with Crippen molar-refractivity contribution in [3.63, 3.8) is 0 Å². The number of methoxy groups -OCH3 is 1. The van der Waals surface area contributed by atoms with E-state index >= 15 is 13.6 Å². The number of amides is 3. The maximum atomic E-state index is 15.4. The summed E-state index contributed by atoms with van der Waals surface area (Å²) in [6, 6.07) is 12.5. The average Bonchev–Trinajstić information content (AvgIpc) is 1.46. The number of piperazine rings is 1. The second kappa shape index (κ2) is 23.6. The van der Waals surface area contributed by atoms with Crippen LogP contribution in [0.15, 0.2) is 48.7 Å². The zero-order valence-electron chi connectivity index (χ0n) is 51.0. The fourth-order valence-corrected chi connectivity index (χ4v) is 17.2. The number of nitrogens with zero attached hydrogens (tertiary/aromatic N) is 7. The number of aryl methyl sites for hydroxylation is 1. The van der Waals surface area contributed by atoms with Gasteiger partial charge in [0.1, 0.15) is 6.04 Å². The molecule has 85 heavy (non-hydrogen) atoms. The molecule has 2 aromatic carbocycles. The number of carbonyl (C=O) groups is 4. The van der Waals surface area contributed by atoms with Crippen LogP contribution in [0.5, 0.6) is 0 Å². The third-order valence-electron chi connectivity index (χ3n) is 22.0. The molecule has 458 valence electrons. The summed E-state index contributed by atoms with van der Waals surface area (Å²) in [6.07, 6.45) is 14.3. The number of benzene rings is 2. The Morgan fingerprint density at radius 2 is 1.71 bits per heavy atom. The molecule has 17 heteroatoms. The molecule has 5 saturated heterocycles. The highest BCUT2D eigenvalue weighted by atomic mass is 19.3. The van der Waals surface area contributed by atoms with Gasteiger partial charge in [-0.2, -0.15) is 0 Å². The topological polar surface area (TPSA) is 145 Å². The fourth-order valence-electron chi connectivity index (χ4n) is 17.2. The van der Waals surface area contributed by atoms with Crippen molar-refractivity contribution in [2.24, 2.45) is 39.9 Å². The van der Waals surface area contributed by atoms with Gasteiger partial charge in [0.15, 0.2) is 0 Å². The molecule has 3 unspecified atom stereocenters. The molecule has 9 fully saturated rings. The minimum atomic E-state index is -2.80. The van der Waals surface area contributed by atoms with Gasteiger partial charge in [-0.15, -0.1) is 0 Å². The standard InChI is InChI=1S/C68H91F2N9O6/c1-6-78-57-19-18-47(33-52(57)54(35-66(3,4)41-85-42-80)61(78)53-34-51(37-71-59(53)43(2)84-5)75-28-27-74-23-11-9-15-50(74)38-75)48-29-44(30-49(32-48)62(69)70)31-56(64(82)79-24-12-10-22-72-79)73-63(81)60(46-13-7-8-14-46)76-25-20-67(39-76)21-26-77(40-67)65(83)68-36-55(68)58(68)45-16-17-45/h18-19,29-30,32-34,37,42-43,45-46,50,55-56,58,60,62,72H,6-17,20-28,31,35-36,38-41H2,1-5H3,(H,73,81)/t43-,50+,55?,56-,58?,60-,67-,68?/m0/s1. The van der Waals surface area contributed by atoms with Crippen molar-refractivity contribution in [3.05, 3.63) is 71.0 Å². The number of pyridine rings is 1. The van der Waals surface area contributed by atoms with Gasteiger partial charge >= 0.3 is 0 Å². The maximum absolute atomic E-state index is 15.4. The number of piperidine rings is 1. The first-order chi connectivity index (χ1) is 41.1. The number of hydrogen-bond donors (Lipinski definition) is 2. The molecular formula is C68H91F2N9O6. The van der Waals surface area contributed by atoms with Gasteiger partial charge in [0, 0.05) is 111 Å². The van der Waals surface area contributed by atoms with E-state index in [2.05, 4.69) is 73.9 Å². The number of ether oxygens (including phenoxy) is 2. The van der Waals surface area contributed by atoms with Crippen LogP contribution in [0.4, 0.5) is 14.5 Å². The number of aromatic nitrogens is 2. The minimum Gasteiger partial charge on any atom is -0.467 e. The summed E-state index contributed by atoms with van der Waals surface area (Å²) in [5.41, 5.74) is 10.2. The van der Waals surface area contributed by atoms with Crippen LogP contribution in [-0.2, 0) is 48.0 Å². The van der Waals surface area contributed by atoms with Crippen LogP contribution in [0.25, 0.3) is 33.3 Å². The lowest BCUT2D eigenvalue weighted by atomic mass is 9.84. The lowest BCUT2D eigenvalue weighted by molar-refractivity contribution is -0.141. The Morgan fingerprint density at radius 3 is 2.45 bits per heavy atom. The molecule has 1 spiro atoms. The number of anilines is 1. The van der Waals surface area contributed by atoms with E-state index in [1.54, 1.807) is 18.2 Å². The predicted molar refractivity (Wildman–Crippen MR) is 324 cm³/mol. The van der Waals surface area contributed by atoms with Gasteiger partial charge in [-0.25, -0.2) is 14.2 Å². The average molecular weight is 1170 g/mol. The van der Waals surface area contributed by atoms with E-state index in [1.807, 2.05) is 25.3 Å². The number of hydrazine groups is 1. The van der Waals surface area contributed by atoms with E-state index in [9.17, 15) is 14.4 Å². The van der Waals surface area contributed by atoms with Gasteiger partial charge < -0.3 is 29.2 Å². The quantitative estimate of drug-likeness (QED) is 0.0770. The SMILES string of the molecule is CCn1c(-c2cc(N3CCN4CCCC[C@@H]4C3)cnc2[C@H](C)OC)c(CC(C)(C)COC=O)c2cc(-c3cc(C[C@H](NC(=O)[C@H](C4CCCC4)N4CC[C@]5(CCN(C(=O)C67CC6C7C6CC6)C5)C4)C(=O)N4CCCCN4)cc(C(F)F)c3)ccc21. The highest BCUT2D eigenvalue weighted by Gasteiger charge is 2.85. The van der Waals surface area contributed by atoms with Crippen molar-refractivity contribution in [3.8, 4) is 22.4 Å². The van der Waals surface area contributed by atoms with E-state index < -0.39 is 23.9 Å². The van der Waals surface area contributed by atoms with Crippen LogP contribution >= 0.6 is 0 Å². The van der Waals surface area contributed by atoms with Crippen LogP contribution in [0.3, 0.4) is 0 Å². The molecule has 2 N–H and O–H groups in total. The summed E-state index contributed by atoms with van der Waals surface area (Å²) in [7, 11) is 1.71. The molecular weight excluding hydrogens is 1080 g/mol. The lowest BCUT2D eigenvalue weighted by Gasteiger charge is -2.45. The zero-order valence-corrected chi connectivity index (χ0v) is 51.0. The van der Waals surface area contributed by atoms with E-state index in [0.717, 1.165) is 161 Å². The van der Waals surface area contributed by atoms with Gasteiger partial charge in [-0.05, 0) is 174 Å². The molecule has 15 nitrogen and oxygen atoms in total. The number of nitrogens with one attached hydrogen (secondary N) is 2. The van der Waals surface area contributed by atoms with Crippen molar-refractivity contribution in [1.82, 2.24) is 40.0 Å². The van der Waals surface area contributed by atoms with E-state index in [0.29, 0.717) is 67.4 Å². The molecule has 13 rings (SSSR count). The van der Waals surface area contributed by atoms with E-state index in [1.165, 1.54) is 38.2 Å². The Kier molecular flexibility index (Phi) is 16.2. The van der Waals surface area contributed by atoms with Crippen molar-refractivity contribution < 1.29 is 37.4 Å². The molecule has 4 saturated carbocycles. The Labute approximate surface area is 501 Å². The molecule has 3 amide bonds. The van der Waals surface area contributed by atoms with Crippen LogP contribution in [0.2, 0.25) is 0 Å². The lowest BCUT2D eigenvalue weighted by Crippen LogP contribution is -2.59. The molecule has 0 radical (unpaired) electrons. The van der Waals surface area contributed by atoms with Gasteiger partial charge in [-0.1, -0.05) is 51.3 Å². The van der Waals surface area contributed by atoms with Crippen molar-refractivity contribution in [1.29, 1.82) is 0 Å². The summed E-state index contributed by atoms with van der Waals surface area (Å²) in [5.74, 6) is 2.08. The molecule has 9 aliphatic rings. The molecule has 5 aliphatic heterocycles. The molecule has 7 heterocycles. The van der Waals surface area contributed by atoms with Crippen LogP contribution in [0, 0.1) is 39.9 Å². The third kappa shape index (κ3) is 11.3. The van der Waals surface area contributed by atoms with Crippen molar-refractivity contribution >= 4 is 40.8 Å². The van der Waals surface area contributed by atoms with Gasteiger partial charge in [0.25, 0.3) is 18.8 Å². The number of fused-ring (bicyclic) bond motifs is 3. The van der Waals surface area contributed by atoms with Gasteiger partial charge in [-0.3, -0.25) is 39.0 Å². The molecule has 4 aliphatic carbocycles. The predicted octanol–water partition coefficient (Wildman–Crippen LogP) is 10.1. The summed E-state index contributed by atoms with van der Waals surface area (Å²) >= 11 is 0. The second-order valence-electron chi connectivity index (χ2n) is 28.2. The first kappa shape index (κ1) is 58.5.